The molecule has 0 unspecified atom stereocenters. The summed E-state index contributed by atoms with van der Waals surface area (Å²) in [5.74, 6) is 0.739. The quantitative estimate of drug-likeness (QED) is 0.381. The Hall–Kier alpha value is -2.21. The predicted molar refractivity (Wildman–Crippen MR) is 79.9 cm³/mol. The van der Waals surface area contributed by atoms with Crippen molar-refractivity contribution < 1.29 is 14.4 Å². The maximum Gasteiger partial charge on any atom is 0.215 e. The van der Waals surface area contributed by atoms with Crippen LogP contribution in [0.25, 0.3) is 11.0 Å². The number of oxime groups is 1. The van der Waals surface area contributed by atoms with Gasteiger partial charge in [-0.05, 0) is 38.1 Å². The first-order valence-electron chi connectivity index (χ1n) is 7.14. The van der Waals surface area contributed by atoms with E-state index in [1.165, 1.54) is 12.8 Å². The highest BCUT2D eigenvalue weighted by Gasteiger charge is 2.19. The van der Waals surface area contributed by atoms with Crippen molar-refractivity contribution in [1.29, 1.82) is 0 Å². The number of hydrogen-bond acceptors (Lipinski definition) is 5. The van der Waals surface area contributed by atoms with Crippen molar-refractivity contribution in [3.8, 4) is 5.75 Å². The first-order chi connectivity index (χ1) is 10.3. The van der Waals surface area contributed by atoms with Crippen molar-refractivity contribution >= 4 is 16.8 Å². The van der Waals surface area contributed by atoms with Gasteiger partial charge in [0.2, 0.25) is 11.6 Å². The van der Waals surface area contributed by atoms with Crippen LogP contribution >= 0.6 is 0 Å². The fourth-order valence-corrected chi connectivity index (χ4v) is 2.66. The molecule has 1 aromatic carbocycles. The van der Waals surface area contributed by atoms with Gasteiger partial charge >= 0.3 is 0 Å². The summed E-state index contributed by atoms with van der Waals surface area (Å²) in [4.78, 5) is 2.37. The molecule has 21 heavy (non-hydrogen) atoms. The summed E-state index contributed by atoms with van der Waals surface area (Å²) in [5, 5.41) is 12.7. The van der Waals surface area contributed by atoms with Crippen LogP contribution in [0.5, 0.6) is 5.75 Å². The molecule has 1 aliphatic heterocycles. The first-order valence-corrected chi connectivity index (χ1v) is 7.14. The Balaban J connectivity index is 1.81. The zero-order valence-corrected chi connectivity index (χ0v) is 11.8. The number of ether oxygens (including phenoxy) is 1. The number of fused-ring (bicyclic) bond motifs is 1. The maximum atomic E-state index is 8.88. The van der Waals surface area contributed by atoms with Crippen molar-refractivity contribution in [3.63, 3.8) is 0 Å². The molecule has 1 aliphatic rings. The third-order valence-electron chi connectivity index (χ3n) is 3.74. The summed E-state index contributed by atoms with van der Waals surface area (Å²) in [6.45, 7) is 3.68. The van der Waals surface area contributed by atoms with E-state index in [0.717, 1.165) is 25.0 Å². The number of para-hydroxylation sites is 1. The zero-order valence-electron chi connectivity index (χ0n) is 11.8. The molecule has 0 bridgehead atoms. The van der Waals surface area contributed by atoms with E-state index >= 15 is 0 Å². The Bertz CT molecular complexity index is 645. The number of rotatable bonds is 5. The second kappa shape index (κ2) is 6.05. The van der Waals surface area contributed by atoms with Gasteiger partial charge in [0.1, 0.15) is 12.2 Å². The number of likely N-dealkylation sites (tertiary alicyclic amines) is 1. The molecule has 6 heteroatoms. The third-order valence-corrected chi connectivity index (χ3v) is 3.74. The Morgan fingerprint density at radius 3 is 2.86 bits per heavy atom. The fourth-order valence-electron chi connectivity index (χ4n) is 2.66. The number of furan rings is 1. The molecule has 0 spiro atoms. The molecule has 0 saturated carbocycles. The molecular formula is C15H19N3O3. The lowest BCUT2D eigenvalue weighted by atomic mass is 10.2. The average Bonchev–Trinajstić information content (AvgIpc) is 3.14. The summed E-state index contributed by atoms with van der Waals surface area (Å²) in [6, 6.07) is 7.51. The van der Waals surface area contributed by atoms with Crippen LogP contribution in [0.4, 0.5) is 0 Å². The van der Waals surface area contributed by atoms with Gasteiger partial charge in [-0.3, -0.25) is 4.90 Å². The standard InChI is InChI=1S/C15H19N3O3/c16-15(17-19)14-13(11-5-1-2-6-12(11)21-14)20-10-9-18-7-3-4-8-18/h1-2,5-6,19H,3-4,7-10H2,(H2,16,17). The molecule has 0 radical (unpaired) electrons. The molecule has 112 valence electrons. The molecule has 1 saturated heterocycles. The van der Waals surface area contributed by atoms with Crippen LogP contribution < -0.4 is 10.5 Å². The molecule has 6 nitrogen and oxygen atoms in total. The molecule has 2 aromatic rings. The van der Waals surface area contributed by atoms with Gasteiger partial charge in [-0.15, -0.1) is 0 Å². The first kappa shape index (κ1) is 13.8. The Labute approximate surface area is 122 Å². The van der Waals surface area contributed by atoms with Crippen molar-refractivity contribution in [2.45, 2.75) is 12.8 Å². The van der Waals surface area contributed by atoms with Gasteiger partial charge in [0.25, 0.3) is 0 Å². The number of hydrogen-bond donors (Lipinski definition) is 2. The lowest BCUT2D eigenvalue weighted by Crippen LogP contribution is -2.25. The van der Waals surface area contributed by atoms with Gasteiger partial charge < -0.3 is 20.1 Å². The second-order valence-electron chi connectivity index (χ2n) is 5.14. The number of benzene rings is 1. The molecular weight excluding hydrogens is 270 g/mol. The molecule has 1 aromatic heterocycles. The van der Waals surface area contributed by atoms with Crippen molar-refractivity contribution in [2.24, 2.45) is 10.9 Å². The topological polar surface area (TPSA) is 84.2 Å². The molecule has 3 N–H and O–H groups in total. The van der Waals surface area contributed by atoms with Crippen LogP contribution in [-0.2, 0) is 0 Å². The molecule has 0 atom stereocenters. The molecule has 2 heterocycles. The predicted octanol–water partition coefficient (Wildman–Crippen LogP) is 2.00. The highest BCUT2D eigenvalue weighted by atomic mass is 16.5. The minimum atomic E-state index is -0.0811. The summed E-state index contributed by atoms with van der Waals surface area (Å²) >= 11 is 0. The van der Waals surface area contributed by atoms with Gasteiger partial charge in [-0.2, -0.15) is 0 Å². The highest BCUT2D eigenvalue weighted by molar-refractivity contribution is 6.03. The SMILES string of the molecule is N/C(=N/O)c1oc2ccccc2c1OCCN1CCCC1. The highest BCUT2D eigenvalue weighted by Crippen LogP contribution is 2.32. The maximum absolute atomic E-state index is 8.88. The summed E-state index contributed by atoms with van der Waals surface area (Å²) in [7, 11) is 0. The van der Waals surface area contributed by atoms with Crippen molar-refractivity contribution in [2.75, 3.05) is 26.2 Å². The van der Waals surface area contributed by atoms with E-state index in [0.29, 0.717) is 17.9 Å². The number of nitrogens with two attached hydrogens (primary N) is 1. The van der Waals surface area contributed by atoms with E-state index in [4.69, 9.17) is 20.1 Å². The normalized spacial score (nSPS) is 16.7. The molecule has 3 rings (SSSR count). The largest absolute Gasteiger partial charge is 0.487 e. The summed E-state index contributed by atoms with van der Waals surface area (Å²) in [5.41, 5.74) is 6.33. The Morgan fingerprint density at radius 1 is 1.33 bits per heavy atom. The summed E-state index contributed by atoms with van der Waals surface area (Å²) < 4.78 is 11.5. The average molecular weight is 289 g/mol. The van der Waals surface area contributed by atoms with Gasteiger partial charge in [-0.25, -0.2) is 0 Å². The van der Waals surface area contributed by atoms with Crippen LogP contribution in [-0.4, -0.2) is 42.2 Å². The van der Waals surface area contributed by atoms with Gasteiger partial charge in [0.05, 0.1) is 5.39 Å². The van der Waals surface area contributed by atoms with Gasteiger partial charge in [0, 0.05) is 6.54 Å². The van der Waals surface area contributed by atoms with E-state index in [1.807, 2.05) is 24.3 Å². The molecule has 0 amide bonds. The minimum absolute atomic E-state index is 0.0811. The smallest absolute Gasteiger partial charge is 0.215 e. The third kappa shape index (κ3) is 2.80. The molecule has 1 fully saturated rings. The number of amidine groups is 1. The van der Waals surface area contributed by atoms with E-state index in [2.05, 4.69) is 10.1 Å². The Morgan fingerprint density at radius 2 is 2.10 bits per heavy atom. The van der Waals surface area contributed by atoms with E-state index in [9.17, 15) is 0 Å². The van der Waals surface area contributed by atoms with Gasteiger partial charge in [0.15, 0.2) is 5.75 Å². The Kier molecular flexibility index (Phi) is 3.96. The van der Waals surface area contributed by atoms with Crippen LogP contribution in [0.2, 0.25) is 0 Å². The minimum Gasteiger partial charge on any atom is -0.487 e. The lowest BCUT2D eigenvalue weighted by molar-refractivity contribution is 0.237. The van der Waals surface area contributed by atoms with Gasteiger partial charge in [-0.1, -0.05) is 17.3 Å². The van der Waals surface area contributed by atoms with E-state index < -0.39 is 0 Å². The van der Waals surface area contributed by atoms with Crippen LogP contribution in [0.3, 0.4) is 0 Å². The number of nitrogens with zero attached hydrogens (tertiary/aromatic N) is 2. The lowest BCUT2D eigenvalue weighted by Gasteiger charge is -2.14. The zero-order chi connectivity index (χ0) is 14.7. The monoisotopic (exact) mass is 289 g/mol. The van der Waals surface area contributed by atoms with E-state index in [1.54, 1.807) is 0 Å². The van der Waals surface area contributed by atoms with Crippen LogP contribution in [0.15, 0.2) is 33.8 Å². The van der Waals surface area contributed by atoms with Crippen LogP contribution in [0, 0.1) is 0 Å². The van der Waals surface area contributed by atoms with E-state index in [-0.39, 0.29) is 11.6 Å². The molecule has 0 aliphatic carbocycles. The van der Waals surface area contributed by atoms with Crippen molar-refractivity contribution in [3.05, 3.63) is 30.0 Å². The summed E-state index contributed by atoms with van der Waals surface area (Å²) in [6.07, 6.45) is 2.51. The fraction of sp³-hybridized carbons (Fsp3) is 0.400. The second-order valence-corrected chi connectivity index (χ2v) is 5.14. The van der Waals surface area contributed by atoms with Crippen LogP contribution in [0.1, 0.15) is 18.6 Å². The van der Waals surface area contributed by atoms with Crippen molar-refractivity contribution in [1.82, 2.24) is 4.90 Å².